The number of hydrogen-bond acceptors (Lipinski definition) is 3. The molecule has 1 unspecified atom stereocenters. The van der Waals surface area contributed by atoms with E-state index in [4.69, 9.17) is 28.2 Å². The fourth-order valence-corrected chi connectivity index (χ4v) is 5.69. The number of fused-ring (bicyclic) bond motifs is 1. The lowest BCUT2D eigenvalue weighted by Crippen LogP contribution is -2.45. The summed E-state index contributed by atoms with van der Waals surface area (Å²) in [4.78, 5) is 5.42. The lowest BCUT2D eigenvalue weighted by Gasteiger charge is -2.30. The molecule has 2 aliphatic rings. The summed E-state index contributed by atoms with van der Waals surface area (Å²) in [6.45, 7) is 0. The van der Waals surface area contributed by atoms with E-state index in [1.165, 1.54) is 0 Å². The number of allylic oxidation sites excluding steroid dienone is 2. The van der Waals surface area contributed by atoms with E-state index < -0.39 is 5.66 Å². The first-order chi connectivity index (χ1) is 20.1. The first kappa shape index (κ1) is 25.6. The molecule has 2 heterocycles. The van der Waals surface area contributed by atoms with Crippen LogP contribution in [0, 0.1) is 0 Å². The van der Waals surface area contributed by atoms with Gasteiger partial charge in [-0.3, -0.25) is 5.01 Å². The van der Waals surface area contributed by atoms with Gasteiger partial charge in [0.05, 0.1) is 0 Å². The molecule has 198 valence electrons. The van der Waals surface area contributed by atoms with Gasteiger partial charge in [0.2, 0.25) is 0 Å². The summed E-state index contributed by atoms with van der Waals surface area (Å²) in [5.74, 6) is 0.867. The molecule has 1 N–H and O–H groups in total. The van der Waals surface area contributed by atoms with Crippen LogP contribution in [-0.4, -0.2) is 10.8 Å². The van der Waals surface area contributed by atoms with E-state index in [0.29, 0.717) is 5.02 Å². The van der Waals surface area contributed by atoms with Crippen molar-refractivity contribution >= 4 is 34.6 Å². The molecule has 41 heavy (non-hydrogen) atoms. The molecule has 7 rings (SSSR count). The highest BCUT2D eigenvalue weighted by Gasteiger charge is 2.43. The molecule has 0 saturated heterocycles. The summed E-state index contributed by atoms with van der Waals surface area (Å²) in [5.41, 5.74) is 11.6. The standard InChI is InChI=1S/C36H25Cl2N3/c37-32-19-15-26(16-20-32)25-11-13-27(14-12-25)29-8-4-9-31(24-29)36(30-17-21-33(38)22-18-30)39-35-34(10-5-23-41(35)40-36)28-6-2-1-3-7-28/h1-24,40H. The molecule has 1 atom stereocenters. The van der Waals surface area contributed by atoms with Crippen LogP contribution in [0.2, 0.25) is 10.0 Å². The van der Waals surface area contributed by atoms with Crippen LogP contribution < -0.4 is 5.43 Å². The number of nitrogens with one attached hydrogen (secondary N) is 1. The van der Waals surface area contributed by atoms with Crippen LogP contribution in [0.5, 0.6) is 0 Å². The Balaban J connectivity index is 1.32. The number of nitrogens with zero attached hydrogens (tertiary/aromatic N) is 2. The van der Waals surface area contributed by atoms with Crippen LogP contribution in [0.1, 0.15) is 16.7 Å². The minimum atomic E-state index is -0.846. The van der Waals surface area contributed by atoms with Crippen molar-refractivity contribution in [3.8, 4) is 22.3 Å². The third-order valence-electron chi connectivity index (χ3n) is 7.55. The topological polar surface area (TPSA) is 27.6 Å². The van der Waals surface area contributed by atoms with Crippen molar-refractivity contribution in [3.63, 3.8) is 0 Å². The van der Waals surface area contributed by atoms with Gasteiger partial charge in [0.15, 0.2) is 11.5 Å². The lowest BCUT2D eigenvalue weighted by molar-refractivity contribution is 0.311. The zero-order valence-corrected chi connectivity index (χ0v) is 23.5. The average molecular weight is 571 g/mol. The highest BCUT2D eigenvalue weighted by atomic mass is 35.5. The maximum absolute atomic E-state index is 6.31. The Labute approximate surface area is 249 Å². The number of aliphatic imine (C=N–C) groups is 1. The van der Waals surface area contributed by atoms with Crippen molar-refractivity contribution in [2.24, 2.45) is 4.99 Å². The van der Waals surface area contributed by atoms with Crippen molar-refractivity contribution < 1.29 is 0 Å². The smallest absolute Gasteiger partial charge is 0.181 e. The quantitative estimate of drug-likeness (QED) is 0.228. The van der Waals surface area contributed by atoms with Gasteiger partial charge in [-0.15, -0.1) is 0 Å². The highest BCUT2D eigenvalue weighted by Crippen LogP contribution is 2.40. The number of rotatable bonds is 5. The first-order valence-corrected chi connectivity index (χ1v) is 14.2. The zero-order valence-electron chi connectivity index (χ0n) is 22.0. The molecule has 0 spiro atoms. The van der Waals surface area contributed by atoms with Crippen molar-refractivity contribution in [1.29, 1.82) is 0 Å². The van der Waals surface area contributed by atoms with Crippen LogP contribution >= 0.6 is 23.2 Å². The Morgan fingerprint density at radius 3 is 1.83 bits per heavy atom. The average Bonchev–Trinajstić information content (AvgIpc) is 3.44. The summed E-state index contributed by atoms with van der Waals surface area (Å²) in [6, 6.07) is 43.4. The largest absolute Gasteiger partial charge is 0.264 e. The number of hydrogen-bond donors (Lipinski definition) is 1. The van der Waals surface area contributed by atoms with E-state index in [9.17, 15) is 0 Å². The van der Waals surface area contributed by atoms with E-state index >= 15 is 0 Å². The van der Waals surface area contributed by atoms with Gasteiger partial charge in [0.1, 0.15) is 0 Å². The fourth-order valence-electron chi connectivity index (χ4n) is 5.44. The van der Waals surface area contributed by atoms with Gasteiger partial charge in [0.25, 0.3) is 0 Å². The zero-order chi connectivity index (χ0) is 27.8. The van der Waals surface area contributed by atoms with Gasteiger partial charge in [-0.2, -0.15) is 5.43 Å². The molecule has 2 aliphatic heterocycles. The molecule has 0 amide bonds. The summed E-state index contributed by atoms with van der Waals surface area (Å²) in [6.07, 6.45) is 6.18. The lowest BCUT2D eigenvalue weighted by atomic mass is 9.89. The second kappa shape index (κ2) is 10.5. The van der Waals surface area contributed by atoms with E-state index in [-0.39, 0.29) is 0 Å². The van der Waals surface area contributed by atoms with Crippen molar-refractivity contribution in [2.75, 3.05) is 0 Å². The molecular formula is C36H25Cl2N3. The summed E-state index contributed by atoms with van der Waals surface area (Å²) >= 11 is 12.4. The van der Waals surface area contributed by atoms with E-state index in [0.717, 1.165) is 55.4 Å². The van der Waals surface area contributed by atoms with E-state index in [1.54, 1.807) is 0 Å². The normalized spacial score (nSPS) is 17.7. The van der Waals surface area contributed by atoms with Crippen LogP contribution in [0.15, 0.2) is 151 Å². The molecule has 5 aromatic rings. The summed E-state index contributed by atoms with van der Waals surface area (Å²) < 4.78 is 0. The minimum Gasteiger partial charge on any atom is -0.264 e. The molecule has 0 radical (unpaired) electrons. The molecule has 5 heteroatoms. The fraction of sp³-hybridized carbons (Fsp3) is 0.0278. The first-order valence-electron chi connectivity index (χ1n) is 13.4. The third kappa shape index (κ3) is 4.79. The number of halogens is 2. The Morgan fingerprint density at radius 2 is 1.15 bits per heavy atom. The van der Waals surface area contributed by atoms with Crippen molar-refractivity contribution in [2.45, 2.75) is 5.66 Å². The van der Waals surface area contributed by atoms with Crippen molar-refractivity contribution in [3.05, 3.63) is 172 Å². The molecule has 0 bridgehead atoms. The minimum absolute atomic E-state index is 0.687. The number of hydrazine groups is 1. The Morgan fingerprint density at radius 1 is 0.561 bits per heavy atom. The second-order valence-corrected chi connectivity index (χ2v) is 11.0. The molecular weight excluding hydrogens is 545 g/mol. The Hall–Kier alpha value is -4.41. The number of amidine groups is 1. The van der Waals surface area contributed by atoms with Gasteiger partial charge < -0.3 is 0 Å². The maximum atomic E-state index is 6.31. The molecule has 0 saturated carbocycles. The van der Waals surface area contributed by atoms with Crippen LogP contribution in [0.25, 0.3) is 27.8 Å². The monoisotopic (exact) mass is 569 g/mol. The van der Waals surface area contributed by atoms with E-state index in [2.05, 4.69) is 84.3 Å². The van der Waals surface area contributed by atoms with Crippen LogP contribution in [-0.2, 0) is 5.66 Å². The molecule has 0 aromatic heterocycles. The second-order valence-electron chi connectivity index (χ2n) is 10.1. The predicted octanol–water partition coefficient (Wildman–Crippen LogP) is 9.36. The van der Waals surface area contributed by atoms with Gasteiger partial charge in [-0.1, -0.05) is 120 Å². The van der Waals surface area contributed by atoms with E-state index in [1.807, 2.05) is 71.9 Å². The Kier molecular flexibility index (Phi) is 6.56. The summed E-state index contributed by atoms with van der Waals surface area (Å²) in [5, 5.41) is 3.44. The SMILES string of the molecule is Clc1ccc(-c2ccc(-c3cccc(C4(c5ccc(Cl)cc5)N=C5C(c6ccccc6)=CC=CN5N4)c3)cc2)cc1. The number of benzene rings is 5. The molecule has 0 aliphatic carbocycles. The van der Waals surface area contributed by atoms with Gasteiger partial charge in [-0.05, 0) is 70.3 Å². The van der Waals surface area contributed by atoms with Gasteiger partial charge in [0, 0.05) is 32.9 Å². The van der Waals surface area contributed by atoms with Gasteiger partial charge in [-0.25, -0.2) is 4.99 Å². The maximum Gasteiger partial charge on any atom is 0.181 e. The van der Waals surface area contributed by atoms with Crippen LogP contribution in [0.3, 0.4) is 0 Å². The predicted molar refractivity (Wildman–Crippen MR) is 171 cm³/mol. The summed E-state index contributed by atoms with van der Waals surface area (Å²) in [7, 11) is 0. The molecule has 0 fully saturated rings. The molecule has 5 aromatic carbocycles. The van der Waals surface area contributed by atoms with Crippen molar-refractivity contribution in [1.82, 2.24) is 10.4 Å². The molecule has 3 nitrogen and oxygen atoms in total. The Bertz CT molecular complexity index is 1810. The highest BCUT2D eigenvalue weighted by molar-refractivity contribution is 6.31. The third-order valence-corrected chi connectivity index (χ3v) is 8.05. The van der Waals surface area contributed by atoms with Crippen LogP contribution in [0.4, 0.5) is 0 Å². The van der Waals surface area contributed by atoms with Gasteiger partial charge >= 0.3 is 0 Å².